The third-order valence-electron chi connectivity index (χ3n) is 8.61. The number of hydrogen-bond donors (Lipinski definition) is 0. The molecule has 1 unspecified atom stereocenters. The van der Waals surface area contributed by atoms with Gasteiger partial charge in [0.25, 0.3) is 7.82 Å². The number of esters is 1. The summed E-state index contributed by atoms with van der Waals surface area (Å²) in [7, 11) is 1.17. The van der Waals surface area contributed by atoms with E-state index in [0.717, 1.165) is 32.1 Å². The number of unbranched alkanes of at least 4 members (excludes halogenated alkanes) is 15. The van der Waals surface area contributed by atoms with Crippen molar-refractivity contribution in [3.05, 3.63) is 60.9 Å². The Labute approximate surface area is 330 Å². The van der Waals surface area contributed by atoms with Crippen molar-refractivity contribution in [3.63, 3.8) is 0 Å². The van der Waals surface area contributed by atoms with Crippen LogP contribution in [-0.2, 0) is 32.7 Å². The summed E-state index contributed by atoms with van der Waals surface area (Å²) in [5.74, 6) is -0.644. The molecule has 0 aliphatic carbocycles. The molecule has 0 aromatic carbocycles. The lowest BCUT2D eigenvalue weighted by molar-refractivity contribution is -0.870. The minimum absolute atomic E-state index is 0.00754. The predicted octanol–water partition coefficient (Wildman–Crippen LogP) is 11.1. The molecule has 10 heteroatoms. The van der Waals surface area contributed by atoms with E-state index in [2.05, 4.69) is 38.2 Å². The van der Waals surface area contributed by atoms with Crippen molar-refractivity contribution in [2.45, 2.75) is 161 Å². The highest BCUT2D eigenvalue weighted by Gasteiger charge is 2.20. The average molecular weight is 780 g/mol. The van der Waals surface area contributed by atoms with E-state index in [1.807, 2.05) is 39.4 Å². The number of carbonyl (C=O) groups excluding carboxylic acids is 2. The molecule has 0 aromatic heterocycles. The van der Waals surface area contributed by atoms with Gasteiger partial charge in [0.15, 0.2) is 11.9 Å². The number of phosphoric acid groups is 1. The number of allylic oxidation sites excluding steroid dienone is 9. The molecule has 2 atom stereocenters. The van der Waals surface area contributed by atoms with E-state index in [1.54, 1.807) is 12.3 Å². The van der Waals surface area contributed by atoms with Crippen LogP contribution >= 0.6 is 7.82 Å². The fourth-order valence-electron chi connectivity index (χ4n) is 5.29. The van der Waals surface area contributed by atoms with Crippen LogP contribution in [0.4, 0.5) is 0 Å². The zero-order valence-electron chi connectivity index (χ0n) is 34.9. The molecule has 0 radical (unpaired) electrons. The second-order valence-electron chi connectivity index (χ2n) is 15.1. The molecule has 0 N–H and O–H groups in total. The fourth-order valence-corrected chi connectivity index (χ4v) is 6.02. The molecule has 0 aromatic rings. The van der Waals surface area contributed by atoms with Crippen molar-refractivity contribution < 1.29 is 42.1 Å². The summed E-state index contributed by atoms with van der Waals surface area (Å²) in [4.78, 5) is 37.2. The monoisotopic (exact) mass is 780 g/mol. The van der Waals surface area contributed by atoms with Crippen LogP contribution in [0.1, 0.15) is 155 Å². The normalized spacial score (nSPS) is 14.3. The third-order valence-corrected chi connectivity index (χ3v) is 9.58. The van der Waals surface area contributed by atoms with Gasteiger partial charge in [0.1, 0.15) is 19.8 Å². The molecule has 0 fully saturated rings. The van der Waals surface area contributed by atoms with Gasteiger partial charge in [0, 0.05) is 12.8 Å². The number of likely N-dealkylation sites (N-methyl/N-ethyl adjacent to an activating group) is 1. The molecule has 0 bridgehead atoms. The van der Waals surface area contributed by atoms with Crippen LogP contribution in [0.25, 0.3) is 0 Å². The molecule has 54 heavy (non-hydrogen) atoms. The first-order chi connectivity index (χ1) is 26.0. The van der Waals surface area contributed by atoms with Crippen LogP contribution in [0, 0.1) is 0 Å². The number of phosphoric ester groups is 1. The Morgan fingerprint density at radius 1 is 0.648 bits per heavy atom. The molecule has 0 heterocycles. The molecule has 0 amide bonds. The second-order valence-corrected chi connectivity index (χ2v) is 16.5. The van der Waals surface area contributed by atoms with Crippen molar-refractivity contribution in [3.8, 4) is 0 Å². The van der Waals surface area contributed by atoms with Crippen molar-refractivity contribution in [2.75, 3.05) is 47.5 Å². The SMILES string of the molecule is CCCCC/C=C\C/C=C\C/C=C\C=C\C(=O)CCCC(=O)O[C@H](CO/C=C/CCCCCCCCCCCCCC)COP(=O)([O-])OCC[N+](C)(C)C. The number of ether oxygens (including phenoxy) is 2. The van der Waals surface area contributed by atoms with Crippen LogP contribution in [0.15, 0.2) is 60.9 Å². The summed E-state index contributed by atoms with van der Waals surface area (Å²) < 4.78 is 34.0. The predicted molar refractivity (Wildman–Crippen MR) is 222 cm³/mol. The van der Waals surface area contributed by atoms with Gasteiger partial charge >= 0.3 is 5.97 Å². The van der Waals surface area contributed by atoms with Crippen LogP contribution in [-0.4, -0.2) is 69.8 Å². The van der Waals surface area contributed by atoms with E-state index < -0.39 is 26.5 Å². The highest BCUT2D eigenvalue weighted by molar-refractivity contribution is 7.45. The van der Waals surface area contributed by atoms with Crippen molar-refractivity contribution in [2.24, 2.45) is 0 Å². The Morgan fingerprint density at radius 2 is 1.20 bits per heavy atom. The number of rotatable bonds is 38. The van der Waals surface area contributed by atoms with Crippen LogP contribution < -0.4 is 4.89 Å². The highest BCUT2D eigenvalue weighted by Crippen LogP contribution is 2.38. The Hall–Kier alpha value is -2.29. The number of carbonyl (C=O) groups is 2. The molecule has 9 nitrogen and oxygen atoms in total. The largest absolute Gasteiger partial charge is 0.756 e. The van der Waals surface area contributed by atoms with Gasteiger partial charge in [-0.15, -0.1) is 0 Å². The van der Waals surface area contributed by atoms with Crippen molar-refractivity contribution in [1.82, 2.24) is 0 Å². The summed E-state index contributed by atoms with van der Waals surface area (Å²) in [5.41, 5.74) is 0. The maximum Gasteiger partial charge on any atom is 0.306 e. The Bertz CT molecular complexity index is 1110. The summed E-state index contributed by atoms with van der Waals surface area (Å²) in [6.45, 7) is 4.41. The van der Waals surface area contributed by atoms with Crippen molar-refractivity contribution in [1.29, 1.82) is 0 Å². The summed E-state index contributed by atoms with van der Waals surface area (Å²) >= 11 is 0. The lowest BCUT2D eigenvalue weighted by atomic mass is 10.0. The molecule has 0 aliphatic rings. The molecule has 0 rings (SSSR count). The minimum Gasteiger partial charge on any atom is -0.756 e. The number of quaternary nitrogens is 1. The number of hydrogen-bond acceptors (Lipinski definition) is 8. The van der Waals surface area contributed by atoms with Crippen LogP contribution in [0.3, 0.4) is 0 Å². The first kappa shape index (κ1) is 51.7. The average Bonchev–Trinajstić information content (AvgIpc) is 3.11. The Balaban J connectivity index is 4.54. The van der Waals surface area contributed by atoms with Crippen LogP contribution in [0.2, 0.25) is 0 Å². The quantitative estimate of drug-likeness (QED) is 0.00890. The van der Waals surface area contributed by atoms with Gasteiger partial charge in [-0.25, -0.2) is 0 Å². The summed E-state index contributed by atoms with van der Waals surface area (Å²) in [5, 5.41) is 0. The highest BCUT2D eigenvalue weighted by atomic mass is 31.2. The van der Waals surface area contributed by atoms with E-state index in [1.165, 1.54) is 96.0 Å². The van der Waals surface area contributed by atoms with Gasteiger partial charge < -0.3 is 27.9 Å². The molecule has 0 saturated carbocycles. The zero-order valence-corrected chi connectivity index (χ0v) is 35.8. The molecule has 312 valence electrons. The summed E-state index contributed by atoms with van der Waals surface area (Å²) in [6, 6.07) is 0. The maximum atomic E-state index is 12.6. The maximum absolute atomic E-state index is 12.6. The van der Waals surface area contributed by atoms with Gasteiger partial charge in [-0.2, -0.15) is 0 Å². The van der Waals surface area contributed by atoms with Gasteiger partial charge in [-0.3, -0.25) is 14.2 Å². The van der Waals surface area contributed by atoms with E-state index in [0.29, 0.717) is 17.4 Å². The standard InChI is InChI=1S/C44H78NO8P/c1-6-8-10-12-14-16-18-20-22-24-26-28-30-32-38-50-40-43(41-52-54(48,49)51-39-37-45(3,4)5)53-44(47)36-33-35-42(46)34-31-29-27-25-23-21-19-17-15-13-11-9-7-2/h15,17,21,23,27,29,31-32,34,38,43H,6-14,16,18-20,22,24-26,28,30,33,35-37,39-41H2,1-5H3/b17-15-,23-21-,29-27-,34-31+,38-32+/t43-/m1/s1. The molecule has 0 saturated heterocycles. The second kappa shape index (κ2) is 36.4. The smallest absolute Gasteiger partial charge is 0.306 e. The first-order valence-electron chi connectivity index (χ1n) is 21.0. The first-order valence-corrected chi connectivity index (χ1v) is 22.5. The van der Waals surface area contributed by atoms with E-state index >= 15 is 0 Å². The summed E-state index contributed by atoms with van der Waals surface area (Å²) in [6.07, 6.45) is 41.8. The van der Waals surface area contributed by atoms with Gasteiger partial charge in [-0.1, -0.05) is 140 Å². The van der Waals surface area contributed by atoms with Crippen LogP contribution in [0.5, 0.6) is 0 Å². The number of nitrogens with zero attached hydrogens (tertiary/aromatic N) is 1. The lowest BCUT2D eigenvalue weighted by Crippen LogP contribution is -2.37. The lowest BCUT2D eigenvalue weighted by Gasteiger charge is -2.28. The topological polar surface area (TPSA) is 111 Å². The van der Waals surface area contributed by atoms with E-state index in [4.69, 9.17) is 18.5 Å². The van der Waals surface area contributed by atoms with Gasteiger partial charge in [-0.05, 0) is 57.1 Å². The van der Waals surface area contributed by atoms with Gasteiger partial charge in [0.2, 0.25) is 0 Å². The molecule has 0 aliphatic heterocycles. The molecular formula is C44H78NO8P. The molecular weight excluding hydrogens is 701 g/mol. The molecule has 0 spiro atoms. The Kier molecular flexibility index (Phi) is 34.8. The Morgan fingerprint density at radius 3 is 1.85 bits per heavy atom. The van der Waals surface area contributed by atoms with Gasteiger partial charge in [0.05, 0.1) is 34.0 Å². The zero-order chi connectivity index (χ0) is 40.0. The fraction of sp³-hybridized carbons (Fsp3) is 0.727. The van der Waals surface area contributed by atoms with E-state index in [-0.39, 0.29) is 31.8 Å². The van der Waals surface area contributed by atoms with E-state index in [9.17, 15) is 19.0 Å². The number of ketones is 1. The third kappa shape index (κ3) is 39.4. The minimum atomic E-state index is -4.60. The van der Waals surface area contributed by atoms with Crippen molar-refractivity contribution >= 4 is 19.6 Å².